The first-order chi connectivity index (χ1) is 7.79. The van der Waals surface area contributed by atoms with Gasteiger partial charge in [-0.25, -0.2) is 0 Å². The van der Waals surface area contributed by atoms with Crippen LogP contribution in [0.4, 0.5) is 0 Å². The van der Waals surface area contributed by atoms with Crippen molar-refractivity contribution >= 4 is 0 Å². The normalized spacial score (nSPS) is 16.6. The molecule has 0 heterocycles. The average molecular weight is 219 g/mol. The molecule has 0 saturated heterocycles. The zero-order valence-corrected chi connectivity index (χ0v) is 10.0. The van der Waals surface area contributed by atoms with E-state index >= 15 is 0 Å². The van der Waals surface area contributed by atoms with Crippen molar-refractivity contribution in [3.63, 3.8) is 0 Å². The molecule has 2 rings (SSSR count). The summed E-state index contributed by atoms with van der Waals surface area (Å²) in [6.07, 6.45) is 6.36. The standard InChI is InChI=1S/C14H21NO/c1-11-6-7-14(12(10-11)8-9-15)16-13-4-2-3-5-13/h6-7,10,13H,2-5,8-9,15H2,1H3. The van der Waals surface area contributed by atoms with Crippen molar-refractivity contribution in [2.24, 2.45) is 5.73 Å². The number of rotatable bonds is 4. The molecule has 0 radical (unpaired) electrons. The Morgan fingerprint density at radius 2 is 2.06 bits per heavy atom. The summed E-state index contributed by atoms with van der Waals surface area (Å²) in [5.41, 5.74) is 8.17. The van der Waals surface area contributed by atoms with Crippen LogP contribution in [0.1, 0.15) is 36.8 Å². The molecule has 0 amide bonds. The van der Waals surface area contributed by atoms with E-state index in [2.05, 4.69) is 25.1 Å². The molecule has 88 valence electrons. The summed E-state index contributed by atoms with van der Waals surface area (Å²) in [7, 11) is 0. The van der Waals surface area contributed by atoms with Crippen LogP contribution in [-0.4, -0.2) is 12.6 Å². The lowest BCUT2D eigenvalue weighted by Gasteiger charge is -2.16. The molecule has 1 aliphatic rings. The first kappa shape index (κ1) is 11.5. The van der Waals surface area contributed by atoms with Gasteiger partial charge in [-0.3, -0.25) is 0 Å². The molecular formula is C14H21NO. The summed E-state index contributed by atoms with van der Waals surface area (Å²) in [6, 6.07) is 6.40. The predicted octanol–water partition coefficient (Wildman–Crippen LogP) is 2.82. The molecule has 2 N–H and O–H groups in total. The zero-order chi connectivity index (χ0) is 11.4. The van der Waals surface area contributed by atoms with Gasteiger partial charge in [0.1, 0.15) is 5.75 Å². The summed E-state index contributed by atoms with van der Waals surface area (Å²) < 4.78 is 6.06. The van der Waals surface area contributed by atoms with E-state index in [1.165, 1.54) is 36.8 Å². The Kier molecular flexibility index (Phi) is 3.83. The van der Waals surface area contributed by atoms with Gasteiger partial charge in [0.15, 0.2) is 0 Å². The van der Waals surface area contributed by atoms with E-state index in [-0.39, 0.29) is 0 Å². The van der Waals surface area contributed by atoms with Gasteiger partial charge < -0.3 is 10.5 Å². The molecule has 0 atom stereocenters. The van der Waals surface area contributed by atoms with E-state index in [0.717, 1.165) is 12.2 Å². The highest BCUT2D eigenvalue weighted by atomic mass is 16.5. The molecule has 0 aromatic heterocycles. The van der Waals surface area contributed by atoms with E-state index in [1.54, 1.807) is 0 Å². The summed E-state index contributed by atoms with van der Waals surface area (Å²) in [6.45, 7) is 2.80. The van der Waals surface area contributed by atoms with Gasteiger partial charge in [0.25, 0.3) is 0 Å². The lowest BCUT2D eigenvalue weighted by molar-refractivity contribution is 0.208. The highest BCUT2D eigenvalue weighted by Crippen LogP contribution is 2.27. The Morgan fingerprint density at radius 3 is 2.75 bits per heavy atom. The quantitative estimate of drug-likeness (QED) is 0.845. The van der Waals surface area contributed by atoms with E-state index < -0.39 is 0 Å². The second kappa shape index (κ2) is 5.35. The molecule has 0 bridgehead atoms. The molecule has 2 heteroatoms. The minimum atomic E-state index is 0.430. The number of hydrogen-bond donors (Lipinski definition) is 1. The van der Waals surface area contributed by atoms with Crippen molar-refractivity contribution < 1.29 is 4.74 Å². The molecule has 0 spiro atoms. The monoisotopic (exact) mass is 219 g/mol. The van der Waals surface area contributed by atoms with Gasteiger partial charge in [0.2, 0.25) is 0 Å². The zero-order valence-electron chi connectivity index (χ0n) is 10.0. The summed E-state index contributed by atoms with van der Waals surface area (Å²) >= 11 is 0. The second-order valence-corrected chi connectivity index (χ2v) is 4.67. The maximum atomic E-state index is 6.06. The number of nitrogens with two attached hydrogens (primary N) is 1. The number of ether oxygens (including phenoxy) is 1. The van der Waals surface area contributed by atoms with Gasteiger partial charge in [-0.1, -0.05) is 17.7 Å². The van der Waals surface area contributed by atoms with Crippen LogP contribution >= 0.6 is 0 Å². The molecule has 1 saturated carbocycles. The maximum absolute atomic E-state index is 6.06. The SMILES string of the molecule is Cc1ccc(OC2CCCC2)c(CCN)c1. The number of benzene rings is 1. The van der Waals surface area contributed by atoms with E-state index in [0.29, 0.717) is 12.6 Å². The summed E-state index contributed by atoms with van der Waals surface area (Å²) in [5.74, 6) is 1.04. The van der Waals surface area contributed by atoms with Crippen LogP contribution < -0.4 is 10.5 Å². The first-order valence-corrected chi connectivity index (χ1v) is 6.26. The van der Waals surface area contributed by atoms with Crippen LogP contribution in [0.5, 0.6) is 5.75 Å². The van der Waals surface area contributed by atoms with Gasteiger partial charge >= 0.3 is 0 Å². The largest absolute Gasteiger partial charge is 0.490 e. The van der Waals surface area contributed by atoms with Crippen LogP contribution in [0.25, 0.3) is 0 Å². The molecule has 1 aromatic carbocycles. The van der Waals surface area contributed by atoms with Gasteiger partial charge in [-0.15, -0.1) is 0 Å². The highest BCUT2D eigenvalue weighted by Gasteiger charge is 2.17. The van der Waals surface area contributed by atoms with Gasteiger partial charge in [-0.05, 0) is 57.2 Å². The average Bonchev–Trinajstić information content (AvgIpc) is 2.75. The lowest BCUT2D eigenvalue weighted by atomic mass is 10.1. The summed E-state index contributed by atoms with van der Waals surface area (Å²) in [5, 5.41) is 0. The summed E-state index contributed by atoms with van der Waals surface area (Å²) in [4.78, 5) is 0. The fourth-order valence-electron chi connectivity index (χ4n) is 2.36. The molecule has 2 nitrogen and oxygen atoms in total. The fourth-order valence-corrected chi connectivity index (χ4v) is 2.36. The third-order valence-electron chi connectivity index (χ3n) is 3.23. The van der Waals surface area contributed by atoms with Crippen LogP contribution in [0.15, 0.2) is 18.2 Å². The van der Waals surface area contributed by atoms with Gasteiger partial charge in [0.05, 0.1) is 6.10 Å². The molecule has 0 aliphatic heterocycles. The molecule has 0 unspecified atom stereocenters. The van der Waals surface area contributed by atoms with Crippen molar-refractivity contribution in [1.29, 1.82) is 0 Å². The Labute approximate surface area is 97.8 Å². The Balaban J connectivity index is 2.11. The molecule has 16 heavy (non-hydrogen) atoms. The van der Waals surface area contributed by atoms with E-state index in [9.17, 15) is 0 Å². The van der Waals surface area contributed by atoms with E-state index in [4.69, 9.17) is 10.5 Å². The number of aryl methyl sites for hydroxylation is 1. The van der Waals surface area contributed by atoms with Crippen molar-refractivity contribution in [3.05, 3.63) is 29.3 Å². The Morgan fingerprint density at radius 1 is 1.31 bits per heavy atom. The number of hydrogen-bond acceptors (Lipinski definition) is 2. The molecular weight excluding hydrogens is 198 g/mol. The van der Waals surface area contributed by atoms with Crippen molar-refractivity contribution in [2.75, 3.05) is 6.54 Å². The topological polar surface area (TPSA) is 35.2 Å². The highest BCUT2D eigenvalue weighted by molar-refractivity contribution is 5.37. The van der Waals surface area contributed by atoms with Gasteiger partial charge in [-0.2, -0.15) is 0 Å². The third kappa shape index (κ3) is 2.76. The van der Waals surface area contributed by atoms with Crippen LogP contribution in [-0.2, 0) is 6.42 Å². The van der Waals surface area contributed by atoms with E-state index in [1.807, 2.05) is 0 Å². The van der Waals surface area contributed by atoms with Crippen LogP contribution in [0.2, 0.25) is 0 Å². The molecule has 1 aromatic rings. The van der Waals surface area contributed by atoms with Crippen LogP contribution in [0.3, 0.4) is 0 Å². The molecule has 1 aliphatic carbocycles. The van der Waals surface area contributed by atoms with Crippen molar-refractivity contribution in [2.45, 2.75) is 45.1 Å². The Hall–Kier alpha value is -1.02. The maximum Gasteiger partial charge on any atom is 0.122 e. The van der Waals surface area contributed by atoms with Gasteiger partial charge in [0, 0.05) is 0 Å². The predicted molar refractivity (Wildman–Crippen MR) is 66.8 cm³/mol. The minimum absolute atomic E-state index is 0.430. The second-order valence-electron chi connectivity index (χ2n) is 4.67. The third-order valence-corrected chi connectivity index (χ3v) is 3.23. The van der Waals surface area contributed by atoms with Crippen molar-refractivity contribution in [3.8, 4) is 5.75 Å². The van der Waals surface area contributed by atoms with Crippen LogP contribution in [0, 0.1) is 6.92 Å². The first-order valence-electron chi connectivity index (χ1n) is 6.26. The fraction of sp³-hybridized carbons (Fsp3) is 0.571. The van der Waals surface area contributed by atoms with Crippen molar-refractivity contribution in [1.82, 2.24) is 0 Å². The molecule has 1 fully saturated rings. The Bertz CT molecular complexity index is 343. The minimum Gasteiger partial charge on any atom is -0.490 e. The smallest absolute Gasteiger partial charge is 0.122 e. The lowest BCUT2D eigenvalue weighted by Crippen LogP contribution is -2.13.